The lowest BCUT2D eigenvalue weighted by Gasteiger charge is -2.19. The van der Waals surface area contributed by atoms with Crippen LogP contribution in [0.3, 0.4) is 0 Å². The van der Waals surface area contributed by atoms with Gasteiger partial charge >= 0.3 is 0 Å². The molecule has 1 heterocycles. The first-order chi connectivity index (χ1) is 8.39. The standard InChI is InChI=1S/C15H21N3/c1-11(16)14-9-17-10-18(14)13-7-5-12(6-8-13)15(2,3)4/h5-11H,16H2,1-4H3/t11-/m0/s1. The molecule has 0 fully saturated rings. The molecule has 0 aliphatic rings. The molecular weight excluding hydrogens is 222 g/mol. The van der Waals surface area contributed by atoms with Crippen molar-refractivity contribution in [1.82, 2.24) is 9.55 Å². The van der Waals surface area contributed by atoms with E-state index in [1.54, 1.807) is 0 Å². The van der Waals surface area contributed by atoms with E-state index in [4.69, 9.17) is 5.73 Å². The van der Waals surface area contributed by atoms with Crippen LogP contribution in [0.15, 0.2) is 36.8 Å². The Bertz CT molecular complexity index is 515. The van der Waals surface area contributed by atoms with E-state index in [9.17, 15) is 0 Å². The topological polar surface area (TPSA) is 43.8 Å². The second kappa shape index (κ2) is 4.58. The summed E-state index contributed by atoms with van der Waals surface area (Å²) in [7, 11) is 0. The fourth-order valence-electron chi connectivity index (χ4n) is 1.98. The summed E-state index contributed by atoms with van der Waals surface area (Å²) < 4.78 is 2.04. The van der Waals surface area contributed by atoms with Crippen LogP contribution in [0.25, 0.3) is 5.69 Å². The zero-order valence-electron chi connectivity index (χ0n) is 11.5. The van der Waals surface area contributed by atoms with Gasteiger partial charge in [-0.3, -0.25) is 0 Å². The van der Waals surface area contributed by atoms with Gasteiger partial charge in [-0.05, 0) is 30.0 Å². The molecule has 1 aromatic carbocycles. The van der Waals surface area contributed by atoms with E-state index in [0.29, 0.717) is 0 Å². The van der Waals surface area contributed by atoms with E-state index in [1.807, 2.05) is 24.0 Å². The first kappa shape index (κ1) is 12.8. The average molecular weight is 243 g/mol. The quantitative estimate of drug-likeness (QED) is 0.880. The molecular formula is C15H21N3. The molecule has 1 aromatic heterocycles. The number of nitrogens with two attached hydrogens (primary N) is 1. The minimum absolute atomic E-state index is 0.0187. The van der Waals surface area contributed by atoms with Crippen LogP contribution in [0.5, 0.6) is 0 Å². The number of hydrogen-bond donors (Lipinski definition) is 1. The van der Waals surface area contributed by atoms with Gasteiger partial charge in [0.1, 0.15) is 0 Å². The fraction of sp³-hybridized carbons (Fsp3) is 0.400. The van der Waals surface area contributed by atoms with Crippen LogP contribution < -0.4 is 5.73 Å². The van der Waals surface area contributed by atoms with Crippen molar-refractivity contribution in [2.24, 2.45) is 5.73 Å². The maximum atomic E-state index is 5.93. The minimum Gasteiger partial charge on any atom is -0.323 e. The molecule has 2 aromatic rings. The molecule has 0 radical (unpaired) electrons. The molecule has 0 bridgehead atoms. The van der Waals surface area contributed by atoms with Crippen molar-refractivity contribution in [3.8, 4) is 5.69 Å². The molecule has 0 aliphatic carbocycles. The second-order valence-electron chi connectivity index (χ2n) is 5.77. The Morgan fingerprint density at radius 2 is 1.78 bits per heavy atom. The number of nitrogens with zero attached hydrogens (tertiary/aromatic N) is 2. The molecule has 3 nitrogen and oxygen atoms in total. The Labute approximate surface area is 109 Å². The van der Waals surface area contributed by atoms with Crippen LogP contribution in [-0.4, -0.2) is 9.55 Å². The van der Waals surface area contributed by atoms with Gasteiger partial charge < -0.3 is 10.3 Å². The summed E-state index contributed by atoms with van der Waals surface area (Å²) in [5.41, 5.74) is 9.57. The van der Waals surface area contributed by atoms with Crippen molar-refractivity contribution >= 4 is 0 Å². The highest BCUT2D eigenvalue weighted by atomic mass is 15.1. The number of benzene rings is 1. The summed E-state index contributed by atoms with van der Waals surface area (Å²) in [6, 6.07) is 8.55. The van der Waals surface area contributed by atoms with E-state index in [2.05, 4.69) is 50.0 Å². The van der Waals surface area contributed by atoms with Crippen molar-refractivity contribution < 1.29 is 0 Å². The van der Waals surface area contributed by atoms with Gasteiger partial charge in [0.15, 0.2) is 0 Å². The summed E-state index contributed by atoms with van der Waals surface area (Å²) in [4.78, 5) is 4.17. The molecule has 3 heteroatoms. The molecule has 0 aliphatic heterocycles. The Morgan fingerprint density at radius 3 is 2.28 bits per heavy atom. The molecule has 0 amide bonds. The predicted octanol–water partition coefficient (Wildman–Crippen LogP) is 3.19. The Kier molecular flexibility index (Phi) is 3.26. The number of hydrogen-bond acceptors (Lipinski definition) is 2. The zero-order valence-corrected chi connectivity index (χ0v) is 11.5. The molecule has 96 valence electrons. The monoisotopic (exact) mass is 243 g/mol. The number of rotatable bonds is 2. The summed E-state index contributed by atoms with van der Waals surface area (Å²) in [5, 5.41) is 0. The SMILES string of the molecule is C[C@H](N)c1cncn1-c1ccc(C(C)(C)C)cc1. The van der Waals surface area contributed by atoms with Crippen molar-refractivity contribution in [2.75, 3.05) is 0 Å². The summed E-state index contributed by atoms with van der Waals surface area (Å²) in [6.45, 7) is 8.61. The van der Waals surface area contributed by atoms with Gasteiger partial charge in [0.05, 0.1) is 18.2 Å². The van der Waals surface area contributed by atoms with Crippen LogP contribution in [-0.2, 0) is 5.41 Å². The van der Waals surface area contributed by atoms with Gasteiger partial charge in [-0.1, -0.05) is 32.9 Å². The molecule has 0 saturated heterocycles. The largest absolute Gasteiger partial charge is 0.323 e. The highest BCUT2D eigenvalue weighted by molar-refractivity contribution is 5.38. The van der Waals surface area contributed by atoms with Gasteiger partial charge in [-0.2, -0.15) is 0 Å². The summed E-state index contributed by atoms with van der Waals surface area (Å²) >= 11 is 0. The zero-order chi connectivity index (χ0) is 13.3. The molecule has 0 spiro atoms. The third kappa shape index (κ3) is 2.46. The van der Waals surface area contributed by atoms with E-state index in [1.165, 1.54) is 5.56 Å². The van der Waals surface area contributed by atoms with Crippen LogP contribution in [0.4, 0.5) is 0 Å². The van der Waals surface area contributed by atoms with Crippen LogP contribution >= 0.6 is 0 Å². The number of aromatic nitrogens is 2. The summed E-state index contributed by atoms with van der Waals surface area (Å²) in [5.74, 6) is 0. The molecule has 0 saturated carbocycles. The average Bonchev–Trinajstić information content (AvgIpc) is 2.77. The molecule has 2 rings (SSSR count). The fourth-order valence-corrected chi connectivity index (χ4v) is 1.98. The van der Waals surface area contributed by atoms with Crippen molar-refractivity contribution in [3.05, 3.63) is 48.0 Å². The molecule has 0 unspecified atom stereocenters. The third-order valence-electron chi connectivity index (χ3n) is 3.15. The number of imidazole rings is 1. The van der Waals surface area contributed by atoms with E-state index in [-0.39, 0.29) is 11.5 Å². The third-order valence-corrected chi connectivity index (χ3v) is 3.15. The Hall–Kier alpha value is -1.61. The highest BCUT2D eigenvalue weighted by Crippen LogP contribution is 2.24. The van der Waals surface area contributed by atoms with Crippen LogP contribution in [0, 0.1) is 0 Å². The molecule has 18 heavy (non-hydrogen) atoms. The van der Waals surface area contributed by atoms with E-state index >= 15 is 0 Å². The van der Waals surface area contributed by atoms with Gasteiger partial charge in [0.2, 0.25) is 0 Å². The van der Waals surface area contributed by atoms with Gasteiger partial charge in [0.25, 0.3) is 0 Å². The Morgan fingerprint density at radius 1 is 1.17 bits per heavy atom. The van der Waals surface area contributed by atoms with Gasteiger partial charge in [-0.25, -0.2) is 4.98 Å². The van der Waals surface area contributed by atoms with E-state index in [0.717, 1.165) is 11.4 Å². The lowest BCUT2D eigenvalue weighted by molar-refractivity contribution is 0.590. The van der Waals surface area contributed by atoms with E-state index < -0.39 is 0 Å². The van der Waals surface area contributed by atoms with Gasteiger partial charge in [-0.15, -0.1) is 0 Å². The normalized spacial score (nSPS) is 13.6. The predicted molar refractivity (Wildman–Crippen MR) is 74.9 cm³/mol. The van der Waals surface area contributed by atoms with Crippen molar-refractivity contribution in [1.29, 1.82) is 0 Å². The maximum absolute atomic E-state index is 5.93. The second-order valence-corrected chi connectivity index (χ2v) is 5.77. The lowest BCUT2D eigenvalue weighted by Crippen LogP contribution is -2.12. The first-order valence-electron chi connectivity index (χ1n) is 6.28. The molecule has 1 atom stereocenters. The summed E-state index contributed by atoms with van der Waals surface area (Å²) in [6.07, 6.45) is 3.63. The smallest absolute Gasteiger partial charge is 0.0994 e. The molecule has 2 N–H and O–H groups in total. The van der Waals surface area contributed by atoms with Gasteiger partial charge in [0, 0.05) is 11.7 Å². The van der Waals surface area contributed by atoms with Crippen molar-refractivity contribution in [3.63, 3.8) is 0 Å². The lowest BCUT2D eigenvalue weighted by atomic mass is 9.87. The minimum atomic E-state index is -0.0187. The maximum Gasteiger partial charge on any atom is 0.0994 e. The Balaban J connectivity index is 2.38. The van der Waals surface area contributed by atoms with Crippen molar-refractivity contribution in [2.45, 2.75) is 39.2 Å². The first-order valence-corrected chi connectivity index (χ1v) is 6.28. The van der Waals surface area contributed by atoms with Crippen LogP contribution in [0.1, 0.15) is 45.0 Å². The van der Waals surface area contributed by atoms with Crippen LogP contribution in [0.2, 0.25) is 0 Å². The highest BCUT2D eigenvalue weighted by Gasteiger charge is 2.14.